The van der Waals surface area contributed by atoms with Gasteiger partial charge in [-0.3, -0.25) is 4.72 Å². The molecule has 5 nitrogen and oxygen atoms in total. The van der Waals surface area contributed by atoms with Crippen molar-refractivity contribution in [1.82, 2.24) is 4.90 Å². The molecule has 0 aliphatic carbocycles. The molecule has 2 N–H and O–H groups in total. The SMILES string of the molecule is CCCN(CCC)CCCC(O)c1ccc(NS(=O)(=O)C(C)C)cc1. The fourth-order valence-electron chi connectivity index (χ4n) is 2.70. The lowest BCUT2D eigenvalue weighted by Crippen LogP contribution is -2.26. The molecule has 0 amide bonds. The summed E-state index contributed by atoms with van der Waals surface area (Å²) < 4.78 is 26.3. The van der Waals surface area contributed by atoms with Gasteiger partial charge in [0.1, 0.15) is 0 Å². The summed E-state index contributed by atoms with van der Waals surface area (Å²) in [6.45, 7) is 10.9. The third kappa shape index (κ3) is 7.75. The molecule has 0 bridgehead atoms. The van der Waals surface area contributed by atoms with Crippen LogP contribution in [0.1, 0.15) is 65.0 Å². The third-order valence-electron chi connectivity index (χ3n) is 4.21. The van der Waals surface area contributed by atoms with Gasteiger partial charge in [-0.05, 0) is 76.9 Å². The van der Waals surface area contributed by atoms with Crippen LogP contribution < -0.4 is 4.72 Å². The summed E-state index contributed by atoms with van der Waals surface area (Å²) >= 11 is 0. The zero-order chi connectivity index (χ0) is 18.9. The summed E-state index contributed by atoms with van der Waals surface area (Å²) in [7, 11) is -3.34. The van der Waals surface area contributed by atoms with E-state index in [0.717, 1.165) is 44.5 Å². The van der Waals surface area contributed by atoms with Crippen LogP contribution >= 0.6 is 0 Å². The molecule has 144 valence electrons. The Morgan fingerprint density at radius 3 is 2.08 bits per heavy atom. The Labute approximate surface area is 153 Å². The number of nitrogens with zero attached hydrogens (tertiary/aromatic N) is 1. The van der Waals surface area contributed by atoms with Gasteiger partial charge in [-0.2, -0.15) is 0 Å². The molecule has 0 aromatic heterocycles. The Hall–Kier alpha value is -1.11. The van der Waals surface area contributed by atoms with Crippen LogP contribution in [0.15, 0.2) is 24.3 Å². The van der Waals surface area contributed by atoms with Crippen molar-refractivity contribution in [2.75, 3.05) is 24.4 Å². The smallest absolute Gasteiger partial charge is 0.235 e. The van der Waals surface area contributed by atoms with Gasteiger partial charge in [0.15, 0.2) is 0 Å². The zero-order valence-corrected chi connectivity index (χ0v) is 16.8. The van der Waals surface area contributed by atoms with Gasteiger partial charge in [0, 0.05) is 5.69 Å². The number of sulfonamides is 1. The van der Waals surface area contributed by atoms with Gasteiger partial charge in [0.25, 0.3) is 0 Å². The molecule has 1 aromatic carbocycles. The summed E-state index contributed by atoms with van der Waals surface area (Å²) in [5, 5.41) is 9.87. The predicted molar refractivity (Wildman–Crippen MR) is 105 cm³/mol. The second-order valence-electron chi connectivity index (χ2n) is 6.82. The van der Waals surface area contributed by atoms with Crippen LogP contribution in [0.25, 0.3) is 0 Å². The number of anilines is 1. The first-order valence-corrected chi connectivity index (χ1v) is 10.9. The largest absolute Gasteiger partial charge is 0.388 e. The summed E-state index contributed by atoms with van der Waals surface area (Å²) in [6.07, 6.45) is 3.44. The van der Waals surface area contributed by atoms with Crippen molar-refractivity contribution in [1.29, 1.82) is 0 Å². The van der Waals surface area contributed by atoms with E-state index in [4.69, 9.17) is 0 Å². The lowest BCUT2D eigenvalue weighted by atomic mass is 10.0. The molecular formula is C19H34N2O3S. The van der Waals surface area contributed by atoms with Gasteiger partial charge in [-0.25, -0.2) is 8.42 Å². The van der Waals surface area contributed by atoms with Crippen molar-refractivity contribution in [3.05, 3.63) is 29.8 Å². The molecule has 0 aliphatic heterocycles. The average Bonchev–Trinajstić information content (AvgIpc) is 2.55. The molecular weight excluding hydrogens is 336 g/mol. The normalized spacial score (nSPS) is 13.4. The second-order valence-corrected chi connectivity index (χ2v) is 9.05. The Balaban J connectivity index is 2.52. The van der Waals surface area contributed by atoms with Crippen molar-refractivity contribution in [3.8, 4) is 0 Å². The molecule has 1 unspecified atom stereocenters. The predicted octanol–water partition coefficient (Wildman–Crippen LogP) is 3.77. The molecule has 25 heavy (non-hydrogen) atoms. The monoisotopic (exact) mass is 370 g/mol. The summed E-state index contributed by atoms with van der Waals surface area (Å²) in [5.74, 6) is 0. The molecule has 0 radical (unpaired) electrons. The first kappa shape index (κ1) is 21.9. The van der Waals surface area contributed by atoms with E-state index in [1.165, 1.54) is 0 Å². The summed E-state index contributed by atoms with van der Waals surface area (Å²) in [5.41, 5.74) is 1.35. The van der Waals surface area contributed by atoms with E-state index in [0.29, 0.717) is 12.1 Å². The lowest BCUT2D eigenvalue weighted by molar-refractivity contribution is 0.155. The third-order valence-corrected chi connectivity index (χ3v) is 5.97. The average molecular weight is 371 g/mol. The number of benzene rings is 1. The highest BCUT2D eigenvalue weighted by Gasteiger charge is 2.16. The van der Waals surface area contributed by atoms with Crippen LogP contribution in [-0.2, 0) is 10.0 Å². The second kappa shape index (κ2) is 10.8. The molecule has 0 heterocycles. The Morgan fingerprint density at radius 1 is 1.04 bits per heavy atom. The highest BCUT2D eigenvalue weighted by atomic mass is 32.2. The van der Waals surface area contributed by atoms with Gasteiger partial charge >= 0.3 is 0 Å². The van der Waals surface area contributed by atoms with Crippen LogP contribution in [0.3, 0.4) is 0 Å². The van der Waals surface area contributed by atoms with Crippen LogP contribution in [0.4, 0.5) is 5.69 Å². The molecule has 0 saturated carbocycles. The maximum atomic E-state index is 11.9. The fourth-order valence-corrected chi connectivity index (χ4v) is 3.40. The molecule has 0 spiro atoms. The van der Waals surface area contributed by atoms with Crippen LogP contribution in [0, 0.1) is 0 Å². The molecule has 0 fully saturated rings. The molecule has 1 rings (SSSR count). The van der Waals surface area contributed by atoms with Gasteiger partial charge in [0.2, 0.25) is 10.0 Å². The molecule has 6 heteroatoms. The molecule has 0 saturated heterocycles. The minimum Gasteiger partial charge on any atom is -0.388 e. The number of hydrogen-bond acceptors (Lipinski definition) is 4. The van der Waals surface area contributed by atoms with Gasteiger partial charge in [-0.15, -0.1) is 0 Å². The highest BCUT2D eigenvalue weighted by molar-refractivity contribution is 7.93. The first-order valence-electron chi connectivity index (χ1n) is 9.32. The van der Waals surface area contributed by atoms with E-state index >= 15 is 0 Å². The lowest BCUT2D eigenvalue weighted by Gasteiger charge is -2.21. The Morgan fingerprint density at radius 2 is 1.60 bits per heavy atom. The fraction of sp³-hybridized carbons (Fsp3) is 0.684. The minimum absolute atomic E-state index is 0.480. The van der Waals surface area contributed by atoms with Crippen molar-refractivity contribution < 1.29 is 13.5 Å². The highest BCUT2D eigenvalue weighted by Crippen LogP contribution is 2.21. The van der Waals surface area contributed by atoms with Crippen LogP contribution in [0.5, 0.6) is 0 Å². The van der Waals surface area contributed by atoms with Gasteiger partial charge < -0.3 is 10.0 Å². The topological polar surface area (TPSA) is 69.6 Å². The van der Waals surface area contributed by atoms with Gasteiger partial charge in [0.05, 0.1) is 11.4 Å². The standard InChI is InChI=1S/C19H34N2O3S/c1-5-13-21(14-6-2)15-7-8-19(22)17-9-11-18(12-10-17)20-25(23,24)16(3)4/h9-12,16,19-20,22H,5-8,13-15H2,1-4H3. The quantitative estimate of drug-likeness (QED) is 0.587. The number of hydrogen-bond donors (Lipinski definition) is 2. The number of aliphatic hydroxyl groups is 1. The number of nitrogens with one attached hydrogen (secondary N) is 1. The van der Waals surface area contributed by atoms with E-state index in [1.807, 2.05) is 0 Å². The van der Waals surface area contributed by atoms with Crippen LogP contribution in [-0.4, -0.2) is 43.3 Å². The van der Waals surface area contributed by atoms with Crippen LogP contribution in [0.2, 0.25) is 0 Å². The van der Waals surface area contributed by atoms with E-state index in [9.17, 15) is 13.5 Å². The van der Waals surface area contributed by atoms with E-state index in [2.05, 4.69) is 23.5 Å². The Bertz CT molecular complexity index is 579. The maximum absolute atomic E-state index is 11.9. The van der Waals surface area contributed by atoms with E-state index < -0.39 is 21.4 Å². The maximum Gasteiger partial charge on any atom is 0.235 e. The molecule has 0 aliphatic rings. The number of rotatable bonds is 12. The minimum atomic E-state index is -3.34. The first-order chi connectivity index (χ1) is 11.8. The van der Waals surface area contributed by atoms with Crippen molar-refractivity contribution >= 4 is 15.7 Å². The zero-order valence-electron chi connectivity index (χ0n) is 16.0. The van der Waals surface area contributed by atoms with E-state index in [1.54, 1.807) is 38.1 Å². The van der Waals surface area contributed by atoms with Gasteiger partial charge in [-0.1, -0.05) is 26.0 Å². The summed E-state index contributed by atoms with van der Waals surface area (Å²) in [6, 6.07) is 7.00. The molecule has 1 aromatic rings. The molecule has 1 atom stereocenters. The van der Waals surface area contributed by atoms with Crippen molar-refractivity contribution in [2.45, 2.75) is 64.7 Å². The van der Waals surface area contributed by atoms with Crippen molar-refractivity contribution in [3.63, 3.8) is 0 Å². The van der Waals surface area contributed by atoms with E-state index in [-0.39, 0.29) is 0 Å². The van der Waals surface area contributed by atoms with Crippen molar-refractivity contribution in [2.24, 2.45) is 0 Å². The summed E-state index contributed by atoms with van der Waals surface area (Å²) in [4.78, 5) is 2.44. The Kier molecular flexibility index (Phi) is 9.46. The number of aliphatic hydroxyl groups excluding tert-OH is 1.